The van der Waals surface area contributed by atoms with Crippen molar-refractivity contribution in [2.45, 2.75) is 11.8 Å². The van der Waals surface area contributed by atoms with Crippen LogP contribution in [0.25, 0.3) is 10.9 Å². The van der Waals surface area contributed by atoms with Crippen molar-refractivity contribution < 1.29 is 17.4 Å². The lowest BCUT2D eigenvalue weighted by Gasteiger charge is -2.07. The van der Waals surface area contributed by atoms with E-state index < -0.39 is 16.0 Å². The van der Waals surface area contributed by atoms with Crippen LogP contribution in [-0.2, 0) is 10.1 Å². The summed E-state index contributed by atoms with van der Waals surface area (Å²) in [6, 6.07) is 10.7. The number of primary amides is 1. The standard InChI is InChI=1S/C16H13N3O4S/c1-10-2-5-12(6-3-10)24(21,22)23-15-7-4-11-9-18-14(16(17)20)8-13(11)19-15/h2-9H,1H3,(H2,17,20). The minimum absolute atomic E-state index is 0.0301. The van der Waals surface area contributed by atoms with Crippen LogP contribution in [0.4, 0.5) is 0 Å². The van der Waals surface area contributed by atoms with Crippen LogP contribution < -0.4 is 9.92 Å². The van der Waals surface area contributed by atoms with Crippen LogP contribution in [0.2, 0.25) is 0 Å². The second kappa shape index (κ2) is 5.89. The van der Waals surface area contributed by atoms with Crippen molar-refractivity contribution in [1.29, 1.82) is 0 Å². The Kier molecular flexibility index (Phi) is 3.90. The smallest absolute Gasteiger partial charge is 0.340 e. The van der Waals surface area contributed by atoms with Crippen LogP contribution in [0.1, 0.15) is 16.1 Å². The Bertz CT molecular complexity index is 1030. The van der Waals surface area contributed by atoms with Crippen molar-refractivity contribution in [3.8, 4) is 5.88 Å². The number of amides is 1. The first kappa shape index (κ1) is 15.9. The van der Waals surface area contributed by atoms with E-state index in [4.69, 9.17) is 9.92 Å². The van der Waals surface area contributed by atoms with Crippen molar-refractivity contribution in [2.24, 2.45) is 5.73 Å². The van der Waals surface area contributed by atoms with Gasteiger partial charge >= 0.3 is 10.1 Å². The Morgan fingerprint density at radius 2 is 1.83 bits per heavy atom. The monoisotopic (exact) mass is 343 g/mol. The van der Waals surface area contributed by atoms with Gasteiger partial charge in [-0.3, -0.25) is 9.78 Å². The van der Waals surface area contributed by atoms with E-state index in [1.807, 2.05) is 6.92 Å². The molecule has 2 aromatic heterocycles. The van der Waals surface area contributed by atoms with Gasteiger partial charge in [0.15, 0.2) is 0 Å². The maximum absolute atomic E-state index is 12.3. The first-order valence-electron chi connectivity index (χ1n) is 6.93. The summed E-state index contributed by atoms with van der Waals surface area (Å²) in [5.74, 6) is -0.804. The maximum Gasteiger partial charge on any atom is 0.340 e. The minimum atomic E-state index is -3.99. The van der Waals surface area contributed by atoms with E-state index >= 15 is 0 Å². The van der Waals surface area contributed by atoms with Gasteiger partial charge in [-0.2, -0.15) is 8.42 Å². The van der Waals surface area contributed by atoms with Gasteiger partial charge in [-0.25, -0.2) is 4.98 Å². The van der Waals surface area contributed by atoms with Gasteiger partial charge < -0.3 is 9.92 Å². The fraction of sp³-hybridized carbons (Fsp3) is 0.0625. The fourth-order valence-electron chi connectivity index (χ4n) is 2.04. The van der Waals surface area contributed by atoms with Gasteiger partial charge in [-0.1, -0.05) is 17.7 Å². The lowest BCUT2D eigenvalue weighted by atomic mass is 10.2. The Balaban J connectivity index is 1.97. The van der Waals surface area contributed by atoms with Crippen molar-refractivity contribution in [1.82, 2.24) is 9.97 Å². The number of aryl methyl sites for hydroxylation is 1. The third-order valence-electron chi connectivity index (χ3n) is 3.31. The number of hydrogen-bond acceptors (Lipinski definition) is 6. The van der Waals surface area contributed by atoms with Crippen LogP contribution in [-0.4, -0.2) is 24.3 Å². The molecule has 24 heavy (non-hydrogen) atoms. The van der Waals surface area contributed by atoms with Gasteiger partial charge in [-0.15, -0.1) is 0 Å². The number of rotatable bonds is 4. The average Bonchev–Trinajstić information content (AvgIpc) is 2.54. The Morgan fingerprint density at radius 3 is 2.50 bits per heavy atom. The number of aromatic nitrogens is 2. The molecular weight excluding hydrogens is 330 g/mol. The third kappa shape index (κ3) is 3.18. The summed E-state index contributed by atoms with van der Waals surface area (Å²) in [4.78, 5) is 19.2. The molecule has 2 heterocycles. The Labute approximate surface area is 138 Å². The highest BCUT2D eigenvalue weighted by molar-refractivity contribution is 7.87. The zero-order valence-electron chi connectivity index (χ0n) is 12.6. The molecule has 7 nitrogen and oxygen atoms in total. The number of carbonyl (C=O) groups is 1. The Morgan fingerprint density at radius 1 is 1.12 bits per heavy atom. The molecule has 0 radical (unpaired) electrons. The number of carbonyl (C=O) groups excluding carboxylic acids is 1. The summed E-state index contributed by atoms with van der Waals surface area (Å²) < 4.78 is 29.6. The highest BCUT2D eigenvalue weighted by atomic mass is 32.2. The number of benzene rings is 1. The number of hydrogen-bond donors (Lipinski definition) is 1. The number of fused-ring (bicyclic) bond motifs is 1. The van der Waals surface area contributed by atoms with E-state index in [1.54, 1.807) is 18.2 Å². The quantitative estimate of drug-likeness (QED) is 0.723. The summed E-state index contributed by atoms with van der Waals surface area (Å²) in [5.41, 5.74) is 6.50. The van der Waals surface area contributed by atoms with Crippen LogP contribution in [0.15, 0.2) is 53.6 Å². The van der Waals surface area contributed by atoms with E-state index in [0.29, 0.717) is 10.9 Å². The molecule has 8 heteroatoms. The third-order valence-corrected chi connectivity index (χ3v) is 4.54. The molecule has 0 aliphatic heterocycles. The molecule has 0 unspecified atom stereocenters. The summed E-state index contributed by atoms with van der Waals surface area (Å²) in [7, 11) is -3.99. The molecule has 3 rings (SSSR count). The molecule has 0 aliphatic rings. The molecule has 2 N–H and O–H groups in total. The van der Waals surface area contributed by atoms with E-state index in [2.05, 4.69) is 9.97 Å². The fourth-order valence-corrected chi connectivity index (χ4v) is 2.93. The molecule has 122 valence electrons. The summed E-state index contributed by atoms with van der Waals surface area (Å²) >= 11 is 0. The van der Waals surface area contributed by atoms with Crippen LogP contribution in [0, 0.1) is 6.92 Å². The lowest BCUT2D eigenvalue weighted by molar-refractivity contribution is 0.0995. The normalized spacial score (nSPS) is 11.4. The second-order valence-electron chi connectivity index (χ2n) is 5.13. The molecule has 0 saturated carbocycles. The molecule has 0 saturated heterocycles. The van der Waals surface area contributed by atoms with E-state index in [-0.39, 0.29) is 16.5 Å². The van der Waals surface area contributed by atoms with Gasteiger partial charge in [0.25, 0.3) is 5.91 Å². The molecule has 1 amide bonds. The second-order valence-corrected chi connectivity index (χ2v) is 6.67. The first-order chi connectivity index (χ1) is 11.3. The topological polar surface area (TPSA) is 112 Å². The number of nitrogens with zero attached hydrogens (tertiary/aromatic N) is 2. The van der Waals surface area contributed by atoms with Crippen molar-refractivity contribution in [3.05, 3.63) is 59.9 Å². The van der Waals surface area contributed by atoms with Gasteiger partial charge in [0.1, 0.15) is 10.6 Å². The van der Waals surface area contributed by atoms with Crippen LogP contribution >= 0.6 is 0 Å². The lowest BCUT2D eigenvalue weighted by Crippen LogP contribution is -2.13. The predicted molar refractivity (Wildman–Crippen MR) is 87.0 cm³/mol. The molecule has 0 bridgehead atoms. The Hall–Kier alpha value is -3.00. The molecular formula is C16H13N3O4S. The van der Waals surface area contributed by atoms with Gasteiger partial charge in [-0.05, 0) is 31.2 Å². The SMILES string of the molecule is Cc1ccc(S(=O)(=O)Oc2ccc3cnc(C(N)=O)cc3n2)cc1. The molecule has 0 spiro atoms. The van der Waals surface area contributed by atoms with Crippen LogP contribution in [0.3, 0.4) is 0 Å². The van der Waals surface area contributed by atoms with Gasteiger partial charge in [0.2, 0.25) is 5.88 Å². The molecule has 0 aliphatic carbocycles. The number of pyridine rings is 2. The molecule has 1 aromatic carbocycles. The maximum atomic E-state index is 12.3. The molecule has 3 aromatic rings. The van der Waals surface area contributed by atoms with Crippen LogP contribution in [0.5, 0.6) is 5.88 Å². The highest BCUT2D eigenvalue weighted by Crippen LogP contribution is 2.21. The van der Waals surface area contributed by atoms with E-state index in [1.165, 1.54) is 30.5 Å². The zero-order chi connectivity index (χ0) is 17.3. The van der Waals surface area contributed by atoms with Gasteiger partial charge in [0, 0.05) is 17.6 Å². The number of nitrogens with two attached hydrogens (primary N) is 1. The van der Waals surface area contributed by atoms with E-state index in [9.17, 15) is 13.2 Å². The summed E-state index contributed by atoms with van der Waals surface area (Å²) in [6.45, 7) is 1.85. The highest BCUT2D eigenvalue weighted by Gasteiger charge is 2.17. The van der Waals surface area contributed by atoms with E-state index in [0.717, 1.165) is 5.56 Å². The minimum Gasteiger partial charge on any atom is -0.364 e. The summed E-state index contributed by atoms with van der Waals surface area (Å²) in [5, 5.41) is 0.625. The predicted octanol–water partition coefficient (Wildman–Crippen LogP) is 1.80. The largest absolute Gasteiger partial charge is 0.364 e. The first-order valence-corrected chi connectivity index (χ1v) is 8.34. The molecule has 0 atom stereocenters. The van der Waals surface area contributed by atoms with Crippen molar-refractivity contribution in [2.75, 3.05) is 0 Å². The van der Waals surface area contributed by atoms with Gasteiger partial charge in [0.05, 0.1) is 5.52 Å². The summed E-state index contributed by atoms with van der Waals surface area (Å²) in [6.07, 6.45) is 1.43. The van der Waals surface area contributed by atoms with Crippen molar-refractivity contribution >= 4 is 26.9 Å². The zero-order valence-corrected chi connectivity index (χ0v) is 13.4. The average molecular weight is 343 g/mol. The van der Waals surface area contributed by atoms with Crippen molar-refractivity contribution in [3.63, 3.8) is 0 Å². The molecule has 0 fully saturated rings.